The molecule has 3 fully saturated rings. The first kappa shape index (κ1) is 14.9. The maximum Gasteiger partial charge on any atom is 0.312 e. The molecule has 1 aliphatic heterocycles. The zero-order chi connectivity index (χ0) is 15.7. The molecule has 2 saturated carbocycles. The first-order valence-electron chi connectivity index (χ1n) is 8.01. The van der Waals surface area contributed by atoms with Gasteiger partial charge in [-0.3, -0.25) is 9.59 Å². The molecule has 3 bridgehead atoms. The third-order valence-corrected chi connectivity index (χ3v) is 6.14. The number of carbonyl (C=O) groups is 2. The second kappa shape index (κ2) is 4.02. The molecule has 21 heavy (non-hydrogen) atoms. The van der Waals surface area contributed by atoms with Gasteiger partial charge in [-0.1, -0.05) is 13.8 Å². The van der Waals surface area contributed by atoms with Crippen LogP contribution in [0.25, 0.3) is 0 Å². The van der Waals surface area contributed by atoms with Gasteiger partial charge < -0.3 is 9.47 Å². The maximum atomic E-state index is 12.6. The Bertz CT molecular complexity index is 511. The van der Waals surface area contributed by atoms with E-state index in [1.807, 2.05) is 27.7 Å². The quantitative estimate of drug-likeness (QED) is 0.750. The number of hydrogen-bond acceptors (Lipinski definition) is 4. The standard InChI is InChI=1S/C17H26O4/c1-6-14(2,3)13(19)21-17-8-11-7-15(4,10-17)9-16(17,5)20-12(11)18/h11H,6-10H2,1-5H3. The van der Waals surface area contributed by atoms with Crippen LogP contribution in [0.15, 0.2) is 0 Å². The Morgan fingerprint density at radius 1 is 1.33 bits per heavy atom. The van der Waals surface area contributed by atoms with E-state index in [0.29, 0.717) is 6.42 Å². The second-order valence-corrected chi connectivity index (χ2v) is 8.54. The number of rotatable bonds is 3. The molecule has 3 aliphatic rings. The van der Waals surface area contributed by atoms with E-state index in [1.54, 1.807) is 0 Å². The molecule has 0 spiro atoms. The van der Waals surface area contributed by atoms with Gasteiger partial charge in [0.2, 0.25) is 0 Å². The molecule has 0 amide bonds. The minimum Gasteiger partial charge on any atom is -0.455 e. The van der Waals surface area contributed by atoms with Crippen molar-refractivity contribution >= 4 is 11.9 Å². The summed E-state index contributed by atoms with van der Waals surface area (Å²) in [6.07, 6.45) is 3.83. The Morgan fingerprint density at radius 2 is 2.00 bits per heavy atom. The van der Waals surface area contributed by atoms with E-state index in [4.69, 9.17) is 9.47 Å². The van der Waals surface area contributed by atoms with E-state index in [1.165, 1.54) is 0 Å². The number of esters is 2. The molecule has 0 aromatic rings. The molecule has 2 aliphatic carbocycles. The molecule has 0 radical (unpaired) electrons. The highest BCUT2D eigenvalue weighted by Gasteiger charge is 2.72. The van der Waals surface area contributed by atoms with Gasteiger partial charge in [-0.05, 0) is 51.9 Å². The second-order valence-electron chi connectivity index (χ2n) is 8.54. The summed E-state index contributed by atoms with van der Waals surface area (Å²) in [7, 11) is 0. The van der Waals surface area contributed by atoms with Crippen LogP contribution in [-0.4, -0.2) is 23.1 Å². The van der Waals surface area contributed by atoms with Crippen LogP contribution < -0.4 is 0 Å². The van der Waals surface area contributed by atoms with E-state index in [2.05, 4.69) is 6.92 Å². The molecule has 0 aromatic carbocycles. The predicted molar refractivity (Wildman–Crippen MR) is 77.5 cm³/mol. The summed E-state index contributed by atoms with van der Waals surface area (Å²) < 4.78 is 11.8. The zero-order valence-corrected chi connectivity index (χ0v) is 13.7. The van der Waals surface area contributed by atoms with Crippen LogP contribution in [0.2, 0.25) is 0 Å². The van der Waals surface area contributed by atoms with Gasteiger partial charge in [0.15, 0.2) is 5.60 Å². The summed E-state index contributed by atoms with van der Waals surface area (Å²) in [6, 6.07) is 0. The highest BCUT2D eigenvalue weighted by Crippen LogP contribution is 2.65. The average Bonchev–Trinajstić information content (AvgIpc) is 2.44. The molecule has 1 heterocycles. The van der Waals surface area contributed by atoms with E-state index in [-0.39, 0.29) is 23.3 Å². The summed E-state index contributed by atoms with van der Waals surface area (Å²) in [5.41, 5.74) is -1.74. The van der Waals surface area contributed by atoms with Gasteiger partial charge in [0.1, 0.15) is 5.60 Å². The largest absolute Gasteiger partial charge is 0.455 e. The van der Waals surface area contributed by atoms with Gasteiger partial charge >= 0.3 is 11.9 Å². The fourth-order valence-electron chi connectivity index (χ4n) is 4.66. The van der Waals surface area contributed by atoms with Gasteiger partial charge in [-0.25, -0.2) is 0 Å². The Balaban J connectivity index is 1.95. The zero-order valence-electron chi connectivity index (χ0n) is 13.7. The Morgan fingerprint density at radius 3 is 2.62 bits per heavy atom. The van der Waals surface area contributed by atoms with Gasteiger partial charge in [0, 0.05) is 6.42 Å². The fourth-order valence-corrected chi connectivity index (χ4v) is 4.66. The number of ether oxygens (including phenoxy) is 2. The highest BCUT2D eigenvalue weighted by atomic mass is 16.6. The van der Waals surface area contributed by atoms with Crippen molar-refractivity contribution in [1.29, 1.82) is 0 Å². The summed E-state index contributed by atoms with van der Waals surface area (Å²) >= 11 is 0. The Labute approximate surface area is 126 Å². The molecule has 1 saturated heterocycles. The van der Waals surface area contributed by atoms with Crippen molar-refractivity contribution in [2.45, 2.75) is 77.9 Å². The van der Waals surface area contributed by atoms with Gasteiger partial charge in [0.05, 0.1) is 11.3 Å². The molecule has 4 atom stereocenters. The lowest BCUT2D eigenvalue weighted by atomic mass is 9.68. The van der Waals surface area contributed by atoms with Crippen LogP contribution in [-0.2, 0) is 19.1 Å². The van der Waals surface area contributed by atoms with Gasteiger partial charge in [0.25, 0.3) is 0 Å². The molecule has 4 nitrogen and oxygen atoms in total. The lowest BCUT2D eigenvalue weighted by Gasteiger charge is -2.50. The first-order chi connectivity index (χ1) is 9.55. The van der Waals surface area contributed by atoms with Crippen molar-refractivity contribution in [2.24, 2.45) is 16.7 Å². The summed E-state index contributed by atoms with van der Waals surface area (Å²) in [4.78, 5) is 24.7. The van der Waals surface area contributed by atoms with Crippen molar-refractivity contribution in [3.8, 4) is 0 Å². The SMILES string of the molecule is CCC(C)(C)C(=O)OC12CC3CC(C)(CC1(C)OC3=O)C2. The lowest BCUT2D eigenvalue weighted by molar-refractivity contribution is -0.232. The van der Waals surface area contributed by atoms with E-state index >= 15 is 0 Å². The fraction of sp³-hybridized carbons (Fsp3) is 0.882. The summed E-state index contributed by atoms with van der Waals surface area (Å²) in [5, 5.41) is 0. The molecule has 0 aromatic heterocycles. The van der Waals surface area contributed by atoms with Crippen molar-refractivity contribution < 1.29 is 19.1 Å². The van der Waals surface area contributed by atoms with Crippen molar-refractivity contribution in [2.75, 3.05) is 0 Å². The van der Waals surface area contributed by atoms with E-state index in [9.17, 15) is 9.59 Å². The third kappa shape index (κ3) is 1.94. The Kier molecular flexibility index (Phi) is 2.84. The summed E-state index contributed by atoms with van der Waals surface area (Å²) in [6.45, 7) is 9.96. The summed E-state index contributed by atoms with van der Waals surface area (Å²) in [5.74, 6) is -0.390. The molecule has 4 heteroatoms. The monoisotopic (exact) mass is 294 g/mol. The molecular weight excluding hydrogens is 268 g/mol. The van der Waals surface area contributed by atoms with Crippen LogP contribution in [0.4, 0.5) is 0 Å². The normalized spacial score (nSPS) is 44.6. The smallest absolute Gasteiger partial charge is 0.312 e. The lowest BCUT2D eigenvalue weighted by Crippen LogP contribution is -2.60. The minimum atomic E-state index is -0.661. The molecule has 3 rings (SSSR count). The van der Waals surface area contributed by atoms with Crippen LogP contribution in [0, 0.1) is 16.7 Å². The first-order valence-corrected chi connectivity index (χ1v) is 8.01. The van der Waals surface area contributed by atoms with Crippen molar-refractivity contribution in [3.05, 3.63) is 0 Å². The van der Waals surface area contributed by atoms with Crippen LogP contribution in [0.5, 0.6) is 0 Å². The molecule has 0 N–H and O–H groups in total. The van der Waals surface area contributed by atoms with Gasteiger partial charge in [-0.2, -0.15) is 0 Å². The topological polar surface area (TPSA) is 52.6 Å². The highest BCUT2D eigenvalue weighted by molar-refractivity contribution is 5.78. The Hall–Kier alpha value is -1.06. The predicted octanol–water partition coefficient (Wildman–Crippen LogP) is 3.23. The van der Waals surface area contributed by atoms with Crippen LogP contribution >= 0.6 is 0 Å². The van der Waals surface area contributed by atoms with Crippen LogP contribution in [0.3, 0.4) is 0 Å². The molecular formula is C17H26O4. The van der Waals surface area contributed by atoms with Crippen LogP contribution in [0.1, 0.15) is 66.7 Å². The maximum absolute atomic E-state index is 12.6. The average molecular weight is 294 g/mol. The molecule has 4 unspecified atom stereocenters. The van der Waals surface area contributed by atoms with Crippen molar-refractivity contribution in [1.82, 2.24) is 0 Å². The number of hydrogen-bond donors (Lipinski definition) is 0. The minimum absolute atomic E-state index is 0.0421. The third-order valence-electron chi connectivity index (χ3n) is 6.14. The van der Waals surface area contributed by atoms with Gasteiger partial charge in [-0.15, -0.1) is 0 Å². The number of carbonyl (C=O) groups excluding carboxylic acids is 2. The van der Waals surface area contributed by atoms with Crippen molar-refractivity contribution in [3.63, 3.8) is 0 Å². The molecule has 118 valence electrons. The van der Waals surface area contributed by atoms with E-state index < -0.39 is 16.6 Å². The van der Waals surface area contributed by atoms with E-state index in [0.717, 1.165) is 25.7 Å². The number of fused-ring (bicyclic) bond motifs is 2.